The first-order chi connectivity index (χ1) is 16.5. The van der Waals surface area contributed by atoms with Gasteiger partial charge in [0.1, 0.15) is 11.5 Å². The van der Waals surface area contributed by atoms with Crippen molar-refractivity contribution in [3.05, 3.63) is 68.4 Å². The number of H-pyrrole nitrogens is 2. The van der Waals surface area contributed by atoms with Crippen LogP contribution >= 0.6 is 11.6 Å². The summed E-state index contributed by atoms with van der Waals surface area (Å²) < 4.78 is 1.68. The Hall–Kier alpha value is -3.63. The Labute approximate surface area is 199 Å². The van der Waals surface area contributed by atoms with E-state index in [4.69, 9.17) is 21.6 Å². The second-order valence-electron chi connectivity index (χ2n) is 8.25. The first kappa shape index (κ1) is 22.2. The number of benzene rings is 1. The Kier molecular flexibility index (Phi) is 6.08. The highest BCUT2D eigenvalue weighted by Crippen LogP contribution is 2.19. The van der Waals surface area contributed by atoms with Gasteiger partial charge in [-0.2, -0.15) is 9.61 Å². The molecule has 1 aliphatic heterocycles. The fourth-order valence-corrected chi connectivity index (χ4v) is 4.33. The maximum Gasteiger partial charge on any atom is 0.326 e. The molecule has 10 nitrogen and oxygen atoms in total. The summed E-state index contributed by atoms with van der Waals surface area (Å²) in [6.07, 6.45) is 5.21. The van der Waals surface area contributed by atoms with Crippen molar-refractivity contribution in [1.29, 1.82) is 0 Å². The van der Waals surface area contributed by atoms with Gasteiger partial charge in [-0.1, -0.05) is 24.6 Å². The molecule has 0 saturated carbocycles. The van der Waals surface area contributed by atoms with Crippen LogP contribution in [0, 0.1) is 0 Å². The van der Waals surface area contributed by atoms with Crippen molar-refractivity contribution in [3.63, 3.8) is 0 Å². The van der Waals surface area contributed by atoms with Crippen molar-refractivity contribution in [3.8, 4) is 5.88 Å². The molecule has 0 amide bonds. The number of aromatic amines is 2. The highest BCUT2D eigenvalue weighted by atomic mass is 35.5. The molecule has 4 aromatic rings. The summed E-state index contributed by atoms with van der Waals surface area (Å²) in [7, 11) is 0. The number of nitrogens with one attached hydrogen (secondary N) is 3. The van der Waals surface area contributed by atoms with E-state index in [-0.39, 0.29) is 17.6 Å². The van der Waals surface area contributed by atoms with Gasteiger partial charge in [0, 0.05) is 35.1 Å². The topological polar surface area (TPSA) is 127 Å². The van der Waals surface area contributed by atoms with Gasteiger partial charge in [-0.25, -0.2) is 9.78 Å². The van der Waals surface area contributed by atoms with Gasteiger partial charge < -0.3 is 20.3 Å². The highest BCUT2D eigenvalue weighted by molar-refractivity contribution is 6.30. The van der Waals surface area contributed by atoms with Crippen molar-refractivity contribution >= 4 is 34.8 Å². The lowest BCUT2D eigenvalue weighted by atomic mass is 10.1. The average molecular weight is 481 g/mol. The molecular weight excluding hydrogens is 456 g/mol. The Bertz CT molecular complexity index is 1500. The molecule has 0 bridgehead atoms. The summed E-state index contributed by atoms with van der Waals surface area (Å²) in [5.41, 5.74) is 1.77. The smallest absolute Gasteiger partial charge is 0.326 e. The van der Waals surface area contributed by atoms with Crippen LogP contribution in [0.3, 0.4) is 0 Å². The molecule has 0 atom stereocenters. The van der Waals surface area contributed by atoms with Crippen LogP contribution in [0.4, 0.5) is 11.5 Å². The molecule has 1 aliphatic rings. The van der Waals surface area contributed by atoms with Gasteiger partial charge in [-0.3, -0.25) is 9.98 Å². The lowest BCUT2D eigenvalue weighted by Crippen LogP contribution is -2.36. The number of imidazole rings is 1. The van der Waals surface area contributed by atoms with Crippen LogP contribution < -0.4 is 21.7 Å². The van der Waals surface area contributed by atoms with Gasteiger partial charge in [0.25, 0.3) is 0 Å². The molecule has 4 heterocycles. The predicted molar refractivity (Wildman–Crippen MR) is 130 cm³/mol. The molecule has 5 rings (SSSR count). The van der Waals surface area contributed by atoms with Crippen molar-refractivity contribution in [1.82, 2.24) is 29.5 Å². The predicted octanol–water partition coefficient (Wildman–Crippen LogP) is 1.78. The number of piperidine rings is 1. The first-order valence-electron chi connectivity index (χ1n) is 11.2. The van der Waals surface area contributed by atoms with Gasteiger partial charge in [-0.15, -0.1) is 0 Å². The van der Waals surface area contributed by atoms with Gasteiger partial charge >= 0.3 is 5.69 Å². The van der Waals surface area contributed by atoms with Crippen molar-refractivity contribution < 1.29 is 5.11 Å². The number of nitrogens with zero attached hydrogens (tertiary/aromatic N) is 5. The fourth-order valence-electron chi connectivity index (χ4n) is 4.14. The fraction of sp³-hybridized carbons (Fsp3) is 0.304. The van der Waals surface area contributed by atoms with Gasteiger partial charge in [0.15, 0.2) is 11.1 Å². The highest BCUT2D eigenvalue weighted by Gasteiger charge is 2.17. The number of anilines is 2. The molecule has 3 aromatic heterocycles. The first-order valence-corrected chi connectivity index (χ1v) is 11.6. The molecule has 0 aliphatic carbocycles. The maximum absolute atomic E-state index is 11.5. The molecule has 4 N–H and O–H groups in total. The van der Waals surface area contributed by atoms with E-state index in [9.17, 15) is 9.90 Å². The van der Waals surface area contributed by atoms with Gasteiger partial charge in [-0.05, 0) is 43.7 Å². The summed E-state index contributed by atoms with van der Waals surface area (Å²) >= 11 is 6.15. The van der Waals surface area contributed by atoms with E-state index >= 15 is 0 Å². The van der Waals surface area contributed by atoms with E-state index in [1.165, 1.54) is 0 Å². The zero-order valence-corrected chi connectivity index (χ0v) is 19.4. The number of aromatic nitrogens is 5. The number of fused-ring (bicyclic) bond motifs is 1. The number of aromatic hydroxyl groups is 1. The monoisotopic (exact) mass is 480 g/mol. The second-order valence-corrected chi connectivity index (χ2v) is 8.69. The molecule has 34 heavy (non-hydrogen) atoms. The van der Waals surface area contributed by atoms with E-state index < -0.39 is 5.69 Å². The Morgan fingerprint density at radius 3 is 2.82 bits per heavy atom. The summed E-state index contributed by atoms with van der Waals surface area (Å²) in [5.74, 6) is 0.339. The van der Waals surface area contributed by atoms with E-state index in [0.717, 1.165) is 38.2 Å². The molecule has 0 spiro atoms. The maximum atomic E-state index is 11.5. The zero-order chi connectivity index (χ0) is 23.7. The van der Waals surface area contributed by atoms with Crippen LogP contribution in [-0.2, 0) is 0 Å². The molecule has 1 saturated heterocycles. The summed E-state index contributed by atoms with van der Waals surface area (Å²) in [4.78, 5) is 28.6. The quantitative estimate of drug-likeness (QED) is 0.345. The van der Waals surface area contributed by atoms with Crippen LogP contribution in [0.5, 0.6) is 5.88 Å². The van der Waals surface area contributed by atoms with Gasteiger partial charge in [0.05, 0.1) is 12.2 Å². The van der Waals surface area contributed by atoms with Crippen LogP contribution in [-0.4, -0.2) is 60.2 Å². The van der Waals surface area contributed by atoms with Crippen molar-refractivity contribution in [2.45, 2.75) is 25.8 Å². The molecule has 1 fully saturated rings. The Balaban J connectivity index is 1.62. The van der Waals surface area contributed by atoms with Crippen LogP contribution in [0.25, 0.3) is 11.7 Å². The van der Waals surface area contributed by atoms with Gasteiger partial charge in [0.2, 0.25) is 5.88 Å². The number of halogens is 1. The van der Waals surface area contributed by atoms with E-state index in [2.05, 4.69) is 32.2 Å². The summed E-state index contributed by atoms with van der Waals surface area (Å²) in [6, 6.07) is 9.44. The summed E-state index contributed by atoms with van der Waals surface area (Å²) in [5, 5.41) is 19.0. The Morgan fingerprint density at radius 1 is 1.29 bits per heavy atom. The lowest BCUT2D eigenvalue weighted by molar-refractivity contribution is 0.222. The molecule has 0 unspecified atom stereocenters. The minimum absolute atomic E-state index is 0.189. The molecule has 176 valence electrons. The van der Waals surface area contributed by atoms with Crippen molar-refractivity contribution in [2.24, 2.45) is 4.99 Å². The largest absolute Gasteiger partial charge is 0.493 e. The van der Waals surface area contributed by atoms with E-state index in [0.29, 0.717) is 27.2 Å². The third kappa shape index (κ3) is 4.68. The van der Waals surface area contributed by atoms with E-state index in [1.54, 1.807) is 22.9 Å². The van der Waals surface area contributed by atoms with Crippen LogP contribution in [0.15, 0.2) is 46.3 Å². The minimum atomic E-state index is -0.495. The number of rotatable bonds is 5. The standard InChI is InChI=1S/C23H25ClN8O2/c1-2-31-8-6-16(7-9-31)27-20-12-19(26-17-5-3-4-15(24)11-17)29-21-14(13-25-32(20)21)10-18-22(33)30-23(34)28-18/h3-5,10-13,16,26,33H,2,6-9H2,1H3,(H2,28,30,34). The van der Waals surface area contributed by atoms with Crippen LogP contribution in [0.2, 0.25) is 5.02 Å². The second kappa shape index (κ2) is 9.32. The zero-order valence-electron chi connectivity index (χ0n) is 18.6. The number of likely N-dealkylation sites (tertiary alicyclic amines) is 1. The van der Waals surface area contributed by atoms with Crippen molar-refractivity contribution in [2.75, 3.05) is 25.0 Å². The molecule has 1 aromatic carbocycles. The average Bonchev–Trinajstić information content (AvgIpc) is 3.36. The normalized spacial score (nSPS) is 16.5. The number of hydrogen-bond acceptors (Lipinski definition) is 7. The third-order valence-electron chi connectivity index (χ3n) is 5.93. The number of hydrogen-bond donors (Lipinski definition) is 4. The third-order valence-corrected chi connectivity index (χ3v) is 6.17. The SMILES string of the molecule is CCN1CCC(N=c2cc(Nc3cccc(Cl)c3)nc3c(=Cc4[nH]c(=O)[nH]c4O)cnn23)CC1. The molecule has 11 heteroatoms. The van der Waals surface area contributed by atoms with Crippen LogP contribution in [0.1, 0.15) is 25.5 Å². The summed E-state index contributed by atoms with van der Waals surface area (Å²) in [6.45, 7) is 5.26. The molecular formula is C23H25ClN8O2. The lowest BCUT2D eigenvalue weighted by Gasteiger charge is -2.28. The minimum Gasteiger partial charge on any atom is -0.493 e. The van der Waals surface area contributed by atoms with E-state index in [1.807, 2.05) is 24.3 Å². The Morgan fingerprint density at radius 2 is 2.12 bits per heavy atom. The molecule has 0 radical (unpaired) electrons.